The van der Waals surface area contributed by atoms with Gasteiger partial charge in [-0.05, 0) is 24.3 Å². The van der Waals surface area contributed by atoms with E-state index < -0.39 is 0 Å². The molecule has 5 nitrogen and oxygen atoms in total. The number of para-hydroxylation sites is 1. The minimum Gasteiger partial charge on any atom is -0.454 e. The van der Waals surface area contributed by atoms with E-state index in [2.05, 4.69) is 21.2 Å². The molecule has 0 saturated carbocycles. The van der Waals surface area contributed by atoms with Crippen molar-refractivity contribution in [2.24, 2.45) is 7.05 Å². The first-order valence-corrected chi connectivity index (χ1v) is 9.26. The summed E-state index contributed by atoms with van der Waals surface area (Å²) in [5.74, 6) is -0.731. The Balaban J connectivity index is 2.04. The van der Waals surface area contributed by atoms with Gasteiger partial charge in [0, 0.05) is 38.6 Å². The fourth-order valence-corrected chi connectivity index (χ4v) is 4.67. The van der Waals surface area contributed by atoms with Crippen molar-refractivity contribution < 1.29 is 14.0 Å². The number of nitrogens with one attached hydrogen (secondary N) is 1. The number of imide groups is 1. The molecule has 0 radical (unpaired) electrons. The molecule has 1 aliphatic rings. The summed E-state index contributed by atoms with van der Waals surface area (Å²) in [5.41, 5.74) is 3.94. The Morgan fingerprint density at radius 3 is 2.52 bits per heavy atom. The minimum atomic E-state index is -0.375. The highest BCUT2D eigenvalue weighted by Gasteiger charge is 2.36. The summed E-state index contributed by atoms with van der Waals surface area (Å²) < 4.78 is 9.14. The average Bonchev–Trinajstić information content (AvgIpc) is 3.25. The topological polar surface area (TPSA) is 64.2 Å². The summed E-state index contributed by atoms with van der Waals surface area (Å²) in [6.07, 6.45) is 0. The molecule has 5 aromatic rings. The van der Waals surface area contributed by atoms with Crippen LogP contribution in [0.15, 0.2) is 51.4 Å². The third kappa shape index (κ3) is 1.69. The average molecular weight is 419 g/mol. The van der Waals surface area contributed by atoms with E-state index in [4.69, 9.17) is 4.42 Å². The van der Waals surface area contributed by atoms with Crippen LogP contribution in [-0.4, -0.2) is 16.4 Å². The molecule has 0 fully saturated rings. The molecule has 0 aliphatic carbocycles. The molecule has 27 heavy (non-hydrogen) atoms. The first-order chi connectivity index (χ1) is 13.1. The number of hydrogen-bond acceptors (Lipinski definition) is 3. The van der Waals surface area contributed by atoms with Crippen LogP contribution in [0, 0.1) is 0 Å². The second-order valence-electron chi connectivity index (χ2n) is 6.78. The molecule has 6 heteroatoms. The Morgan fingerprint density at radius 2 is 1.70 bits per heavy atom. The highest BCUT2D eigenvalue weighted by molar-refractivity contribution is 9.10. The van der Waals surface area contributed by atoms with Crippen LogP contribution in [0.1, 0.15) is 20.7 Å². The number of hydrogen-bond donors (Lipinski definition) is 1. The molecular weight excluding hydrogens is 408 g/mol. The van der Waals surface area contributed by atoms with Crippen LogP contribution in [0.5, 0.6) is 0 Å². The van der Waals surface area contributed by atoms with Crippen LogP contribution in [0.4, 0.5) is 0 Å². The van der Waals surface area contributed by atoms with Crippen molar-refractivity contribution in [2.45, 2.75) is 0 Å². The predicted octanol–water partition coefficient (Wildman–Crippen LogP) is 4.88. The third-order valence-electron chi connectivity index (χ3n) is 5.41. The number of benzene rings is 3. The zero-order chi connectivity index (χ0) is 18.4. The molecular formula is C21H11BrN2O3. The van der Waals surface area contributed by atoms with Crippen LogP contribution in [-0.2, 0) is 7.05 Å². The van der Waals surface area contributed by atoms with Gasteiger partial charge >= 0.3 is 0 Å². The summed E-state index contributed by atoms with van der Waals surface area (Å²) in [7, 11) is 1.95. The van der Waals surface area contributed by atoms with Gasteiger partial charge in [0.05, 0.1) is 16.6 Å². The number of carbonyl (C=O) groups is 2. The molecule has 0 bridgehead atoms. The summed E-state index contributed by atoms with van der Waals surface area (Å²) in [5, 5.41) is 5.67. The first-order valence-electron chi connectivity index (χ1n) is 8.47. The summed E-state index contributed by atoms with van der Waals surface area (Å²) >= 11 is 3.47. The van der Waals surface area contributed by atoms with Crippen molar-refractivity contribution in [3.05, 3.63) is 58.1 Å². The fraction of sp³-hybridized carbons (Fsp3) is 0.0476. The van der Waals surface area contributed by atoms with Gasteiger partial charge in [0.15, 0.2) is 5.58 Å². The minimum absolute atomic E-state index is 0.357. The molecule has 0 atom stereocenters. The van der Waals surface area contributed by atoms with Gasteiger partial charge < -0.3 is 8.98 Å². The van der Waals surface area contributed by atoms with Gasteiger partial charge in [-0.25, -0.2) is 0 Å². The predicted molar refractivity (Wildman–Crippen MR) is 107 cm³/mol. The van der Waals surface area contributed by atoms with Crippen LogP contribution >= 0.6 is 15.9 Å². The highest BCUT2D eigenvalue weighted by Crippen LogP contribution is 2.44. The number of rotatable bonds is 0. The van der Waals surface area contributed by atoms with Gasteiger partial charge in [-0.15, -0.1) is 0 Å². The van der Waals surface area contributed by atoms with Gasteiger partial charge in [0.1, 0.15) is 5.58 Å². The number of nitrogens with zero attached hydrogens (tertiary/aromatic N) is 1. The van der Waals surface area contributed by atoms with E-state index in [0.717, 1.165) is 31.7 Å². The molecule has 0 unspecified atom stereocenters. The van der Waals surface area contributed by atoms with E-state index in [-0.39, 0.29) is 11.8 Å². The molecule has 3 heterocycles. The molecule has 2 aromatic heterocycles. The van der Waals surface area contributed by atoms with Crippen molar-refractivity contribution in [2.75, 3.05) is 0 Å². The molecule has 2 amide bonds. The first kappa shape index (κ1) is 15.0. The van der Waals surface area contributed by atoms with Crippen LogP contribution in [0.2, 0.25) is 0 Å². The number of aromatic nitrogens is 1. The van der Waals surface area contributed by atoms with Crippen LogP contribution in [0.25, 0.3) is 43.7 Å². The maximum absolute atomic E-state index is 12.7. The maximum Gasteiger partial charge on any atom is 0.259 e. The standard InChI is InChI=1S/C21H11BrN2O3/c1-24-12-5-3-2-4-10(12)14-16-17(21(26)23-20(16)25)15-11-7-6-9(22)8-13(11)27-19(15)18(14)24/h2-8H,1H3,(H,23,25,26). The van der Waals surface area contributed by atoms with Gasteiger partial charge in [-0.3, -0.25) is 14.9 Å². The lowest BCUT2D eigenvalue weighted by Crippen LogP contribution is -2.20. The van der Waals surface area contributed by atoms with E-state index in [1.54, 1.807) is 0 Å². The van der Waals surface area contributed by atoms with Crippen LogP contribution in [0.3, 0.4) is 0 Å². The number of amides is 2. The smallest absolute Gasteiger partial charge is 0.259 e. The van der Waals surface area contributed by atoms with Crippen molar-refractivity contribution in [3.63, 3.8) is 0 Å². The number of furan rings is 1. The molecule has 6 rings (SSSR count). The van der Waals surface area contributed by atoms with Crippen molar-refractivity contribution >= 4 is 71.5 Å². The lowest BCUT2D eigenvalue weighted by atomic mass is 9.97. The zero-order valence-electron chi connectivity index (χ0n) is 14.1. The van der Waals surface area contributed by atoms with Gasteiger partial charge in [-0.1, -0.05) is 34.1 Å². The van der Waals surface area contributed by atoms with Crippen molar-refractivity contribution in [3.8, 4) is 0 Å². The summed E-state index contributed by atoms with van der Waals surface area (Å²) in [6, 6.07) is 13.6. The summed E-state index contributed by atoms with van der Waals surface area (Å²) in [4.78, 5) is 25.4. The van der Waals surface area contributed by atoms with Gasteiger partial charge in [0.25, 0.3) is 11.8 Å². The normalized spacial score (nSPS) is 14.0. The Hall–Kier alpha value is -3.12. The van der Waals surface area contributed by atoms with Crippen molar-refractivity contribution in [1.29, 1.82) is 0 Å². The van der Waals surface area contributed by atoms with E-state index in [0.29, 0.717) is 27.7 Å². The Bertz CT molecular complexity index is 1510. The van der Waals surface area contributed by atoms with E-state index in [1.807, 2.05) is 54.1 Å². The monoisotopic (exact) mass is 418 g/mol. The highest BCUT2D eigenvalue weighted by atomic mass is 79.9. The molecule has 130 valence electrons. The van der Waals surface area contributed by atoms with E-state index >= 15 is 0 Å². The molecule has 1 N–H and O–H groups in total. The van der Waals surface area contributed by atoms with Crippen LogP contribution < -0.4 is 5.32 Å². The second-order valence-corrected chi connectivity index (χ2v) is 7.70. The Morgan fingerprint density at radius 1 is 0.963 bits per heavy atom. The largest absolute Gasteiger partial charge is 0.454 e. The number of fused-ring (bicyclic) bond motifs is 10. The number of carbonyl (C=O) groups excluding carboxylic acids is 2. The molecule has 1 aliphatic heterocycles. The second kappa shape index (κ2) is 4.78. The molecule has 3 aromatic carbocycles. The third-order valence-corrected chi connectivity index (χ3v) is 5.90. The van der Waals surface area contributed by atoms with Crippen molar-refractivity contribution in [1.82, 2.24) is 9.88 Å². The fourth-order valence-electron chi connectivity index (χ4n) is 4.33. The SMILES string of the molecule is Cn1c2ccccc2c2c3c(c4c5ccc(Br)cc5oc4c21)C(=O)NC3=O. The Kier molecular flexibility index (Phi) is 2.65. The lowest BCUT2D eigenvalue weighted by molar-refractivity contribution is 0.0880. The van der Waals surface area contributed by atoms with E-state index in [9.17, 15) is 9.59 Å². The summed E-state index contributed by atoms with van der Waals surface area (Å²) in [6.45, 7) is 0. The van der Waals surface area contributed by atoms with Gasteiger partial charge in [0.2, 0.25) is 0 Å². The number of halogens is 1. The zero-order valence-corrected chi connectivity index (χ0v) is 15.7. The molecule has 0 saturated heterocycles. The van der Waals surface area contributed by atoms with Gasteiger partial charge in [-0.2, -0.15) is 0 Å². The molecule has 0 spiro atoms. The maximum atomic E-state index is 12.7. The number of aryl methyl sites for hydroxylation is 1. The lowest BCUT2D eigenvalue weighted by Gasteiger charge is -2.03. The quantitative estimate of drug-likeness (QED) is 0.364. The Labute approximate surface area is 160 Å². The van der Waals surface area contributed by atoms with E-state index in [1.165, 1.54) is 0 Å².